The number of nitrogen functional groups attached to an aromatic ring is 1. The second-order valence-electron chi connectivity index (χ2n) is 1.85. The first-order chi connectivity index (χ1) is 4.72. The van der Waals surface area contributed by atoms with Gasteiger partial charge in [0, 0.05) is 11.7 Å². The van der Waals surface area contributed by atoms with Gasteiger partial charge in [0.1, 0.15) is 5.82 Å². The van der Waals surface area contributed by atoms with E-state index in [0.717, 1.165) is 0 Å². The SMILES string of the molecule is Cl.Cl.Nc1ncccc1B(O)O. The Balaban J connectivity index is 0. The Bertz CT molecular complexity index is 236. The molecule has 0 amide bonds. The second kappa shape index (κ2) is 6.08. The van der Waals surface area contributed by atoms with E-state index < -0.39 is 7.12 Å². The monoisotopic (exact) mass is 210 g/mol. The third-order valence-electron chi connectivity index (χ3n) is 1.15. The van der Waals surface area contributed by atoms with E-state index in [9.17, 15) is 0 Å². The van der Waals surface area contributed by atoms with E-state index >= 15 is 0 Å². The number of hydrogen-bond acceptors (Lipinski definition) is 4. The highest BCUT2D eigenvalue weighted by Gasteiger charge is 2.13. The minimum absolute atomic E-state index is 0. The molecule has 1 aromatic heterocycles. The zero-order valence-electron chi connectivity index (χ0n) is 6.04. The van der Waals surface area contributed by atoms with Gasteiger partial charge < -0.3 is 15.8 Å². The van der Waals surface area contributed by atoms with Crippen LogP contribution >= 0.6 is 24.8 Å². The topological polar surface area (TPSA) is 79.4 Å². The number of nitrogens with two attached hydrogens (primary N) is 1. The molecule has 0 spiro atoms. The fraction of sp³-hybridized carbons (Fsp3) is 0. The Morgan fingerprint density at radius 3 is 2.25 bits per heavy atom. The minimum atomic E-state index is -1.53. The van der Waals surface area contributed by atoms with E-state index in [4.69, 9.17) is 15.8 Å². The Labute approximate surface area is 82.8 Å². The van der Waals surface area contributed by atoms with Gasteiger partial charge in [0.15, 0.2) is 0 Å². The molecule has 12 heavy (non-hydrogen) atoms. The summed E-state index contributed by atoms with van der Waals surface area (Å²) >= 11 is 0. The molecule has 1 heterocycles. The normalized spacial score (nSPS) is 7.83. The third kappa shape index (κ3) is 3.27. The van der Waals surface area contributed by atoms with Gasteiger partial charge in [0.2, 0.25) is 0 Å². The number of nitrogens with zero attached hydrogens (tertiary/aromatic N) is 1. The quantitative estimate of drug-likeness (QED) is 0.530. The molecular formula is C5H9BCl2N2O2. The minimum Gasteiger partial charge on any atom is -0.423 e. The van der Waals surface area contributed by atoms with E-state index in [1.165, 1.54) is 12.3 Å². The van der Waals surface area contributed by atoms with Crippen molar-refractivity contribution in [3.63, 3.8) is 0 Å². The van der Waals surface area contributed by atoms with E-state index in [1.54, 1.807) is 6.07 Å². The highest BCUT2D eigenvalue weighted by Crippen LogP contribution is 1.90. The van der Waals surface area contributed by atoms with Gasteiger partial charge in [0.25, 0.3) is 0 Å². The number of pyridine rings is 1. The molecule has 0 aromatic carbocycles. The van der Waals surface area contributed by atoms with Crippen LogP contribution in [-0.2, 0) is 0 Å². The lowest BCUT2D eigenvalue weighted by molar-refractivity contribution is 0.426. The summed E-state index contributed by atoms with van der Waals surface area (Å²) in [6.07, 6.45) is 1.49. The van der Waals surface area contributed by atoms with Crippen molar-refractivity contribution in [2.24, 2.45) is 0 Å². The van der Waals surface area contributed by atoms with Gasteiger partial charge >= 0.3 is 7.12 Å². The van der Waals surface area contributed by atoms with Crippen molar-refractivity contribution in [3.05, 3.63) is 18.3 Å². The molecule has 0 aliphatic rings. The van der Waals surface area contributed by atoms with Crippen LogP contribution < -0.4 is 11.2 Å². The molecule has 1 rings (SSSR count). The van der Waals surface area contributed by atoms with Crippen molar-refractivity contribution in [3.8, 4) is 0 Å². The highest BCUT2D eigenvalue weighted by atomic mass is 35.5. The van der Waals surface area contributed by atoms with Gasteiger partial charge in [-0.2, -0.15) is 0 Å². The van der Waals surface area contributed by atoms with Crippen LogP contribution in [0.15, 0.2) is 18.3 Å². The van der Waals surface area contributed by atoms with E-state index in [2.05, 4.69) is 4.98 Å². The van der Waals surface area contributed by atoms with Gasteiger partial charge in [-0.3, -0.25) is 0 Å². The van der Waals surface area contributed by atoms with Crippen molar-refractivity contribution in [2.45, 2.75) is 0 Å². The molecule has 0 aliphatic carbocycles. The standard InChI is InChI=1S/C5H7BN2O2.2ClH/c7-5-4(6(9)10)2-1-3-8-5;;/h1-3,9-10H,(H2,7,8);2*1H. The molecule has 0 bridgehead atoms. The van der Waals surface area contributed by atoms with E-state index in [0.29, 0.717) is 0 Å². The molecule has 0 aliphatic heterocycles. The molecular weight excluding hydrogens is 202 g/mol. The average molecular weight is 211 g/mol. The predicted molar refractivity (Wildman–Crippen MR) is 53.0 cm³/mol. The fourth-order valence-electron chi connectivity index (χ4n) is 0.648. The van der Waals surface area contributed by atoms with Gasteiger partial charge in [0.05, 0.1) is 0 Å². The van der Waals surface area contributed by atoms with Crippen LogP contribution in [0.25, 0.3) is 0 Å². The molecule has 0 radical (unpaired) electrons. The summed E-state index contributed by atoms with van der Waals surface area (Å²) in [4.78, 5) is 3.66. The molecule has 68 valence electrons. The molecule has 0 atom stereocenters. The van der Waals surface area contributed by atoms with Crippen molar-refractivity contribution in [1.82, 2.24) is 4.98 Å². The van der Waals surface area contributed by atoms with E-state index in [-0.39, 0.29) is 36.1 Å². The summed E-state index contributed by atoms with van der Waals surface area (Å²) in [6, 6.07) is 3.10. The number of aromatic nitrogens is 1. The summed E-state index contributed by atoms with van der Waals surface area (Å²) in [6.45, 7) is 0. The molecule has 0 saturated carbocycles. The van der Waals surface area contributed by atoms with Crippen LogP contribution in [0.2, 0.25) is 0 Å². The van der Waals surface area contributed by atoms with Crippen molar-refractivity contribution in [2.75, 3.05) is 5.73 Å². The fourth-order valence-corrected chi connectivity index (χ4v) is 0.648. The number of halogens is 2. The van der Waals surface area contributed by atoms with Crippen molar-refractivity contribution >= 4 is 43.2 Å². The molecule has 0 saturated heterocycles. The van der Waals surface area contributed by atoms with Crippen molar-refractivity contribution in [1.29, 1.82) is 0 Å². The number of hydrogen-bond donors (Lipinski definition) is 3. The summed E-state index contributed by atoms with van der Waals surface area (Å²) in [5, 5.41) is 17.3. The maximum Gasteiger partial charge on any atom is 0.492 e. The van der Waals surface area contributed by atoms with Crippen LogP contribution in [0.3, 0.4) is 0 Å². The predicted octanol–water partition coefficient (Wildman–Crippen LogP) is -0.813. The lowest BCUT2D eigenvalue weighted by Crippen LogP contribution is -2.32. The average Bonchev–Trinajstić information content (AvgIpc) is 1.88. The first kappa shape index (κ1) is 14.1. The molecule has 1 aromatic rings. The molecule has 7 heteroatoms. The Hall–Kier alpha value is -0.485. The highest BCUT2D eigenvalue weighted by molar-refractivity contribution is 6.60. The molecule has 4 nitrogen and oxygen atoms in total. The van der Waals surface area contributed by atoms with Crippen LogP contribution in [0.4, 0.5) is 5.82 Å². The van der Waals surface area contributed by atoms with Gasteiger partial charge in [-0.25, -0.2) is 4.98 Å². The zero-order chi connectivity index (χ0) is 7.56. The first-order valence-corrected chi connectivity index (χ1v) is 2.78. The van der Waals surface area contributed by atoms with Gasteiger partial charge in [-0.15, -0.1) is 24.8 Å². The first-order valence-electron chi connectivity index (χ1n) is 2.78. The van der Waals surface area contributed by atoms with Crippen LogP contribution in [0, 0.1) is 0 Å². The molecule has 0 unspecified atom stereocenters. The van der Waals surface area contributed by atoms with Crippen LogP contribution in [0.1, 0.15) is 0 Å². The smallest absolute Gasteiger partial charge is 0.423 e. The van der Waals surface area contributed by atoms with Gasteiger partial charge in [-0.05, 0) is 6.07 Å². The summed E-state index contributed by atoms with van der Waals surface area (Å²) in [5.74, 6) is 0.150. The van der Waals surface area contributed by atoms with Crippen LogP contribution in [-0.4, -0.2) is 22.2 Å². The van der Waals surface area contributed by atoms with Crippen molar-refractivity contribution < 1.29 is 10.0 Å². The lowest BCUT2D eigenvalue weighted by atomic mass is 9.81. The largest absolute Gasteiger partial charge is 0.492 e. The Morgan fingerprint density at radius 2 is 1.92 bits per heavy atom. The third-order valence-corrected chi connectivity index (χ3v) is 1.15. The van der Waals surface area contributed by atoms with Crippen LogP contribution in [0.5, 0.6) is 0 Å². The molecule has 0 fully saturated rings. The van der Waals surface area contributed by atoms with Gasteiger partial charge in [-0.1, -0.05) is 6.07 Å². The second-order valence-corrected chi connectivity index (χ2v) is 1.85. The Morgan fingerprint density at radius 1 is 1.33 bits per heavy atom. The lowest BCUT2D eigenvalue weighted by Gasteiger charge is -1.99. The van der Waals surface area contributed by atoms with E-state index in [1.807, 2.05) is 0 Å². The molecule has 4 N–H and O–H groups in total. The zero-order valence-corrected chi connectivity index (χ0v) is 7.68. The number of anilines is 1. The summed E-state index contributed by atoms with van der Waals surface area (Å²) < 4.78 is 0. The Kier molecular flexibility index (Phi) is 7.12. The maximum atomic E-state index is 8.64. The summed E-state index contributed by atoms with van der Waals surface area (Å²) in [7, 11) is -1.53. The summed E-state index contributed by atoms with van der Waals surface area (Å²) in [5.41, 5.74) is 5.53. The number of rotatable bonds is 1. The maximum absolute atomic E-state index is 8.64.